The van der Waals surface area contributed by atoms with Crippen LogP contribution in [0, 0.1) is 0 Å². The van der Waals surface area contributed by atoms with E-state index in [1.807, 2.05) is 57.2 Å². The summed E-state index contributed by atoms with van der Waals surface area (Å²) in [5.74, 6) is 0. The van der Waals surface area contributed by atoms with Gasteiger partial charge in [0.15, 0.2) is 0 Å². The van der Waals surface area contributed by atoms with Crippen molar-refractivity contribution in [1.82, 2.24) is 0 Å². The fourth-order valence-electron chi connectivity index (χ4n) is 1.59. The second-order valence-corrected chi connectivity index (χ2v) is 3.87. The topological polar surface area (TPSA) is 20.2 Å². The van der Waals surface area contributed by atoms with Crippen LogP contribution in [0.2, 0.25) is 0 Å². The Hall–Kier alpha value is -1.08. The fraction of sp³-hybridized carbons (Fsp3) is 0.385. The first kappa shape index (κ1) is 11.0. The van der Waals surface area contributed by atoms with Crippen LogP contribution in [0.4, 0.5) is 0 Å². The van der Waals surface area contributed by atoms with Crippen LogP contribution < -0.4 is 0 Å². The molecule has 1 unspecified atom stereocenters. The van der Waals surface area contributed by atoms with Gasteiger partial charge < -0.3 is 5.11 Å². The van der Waals surface area contributed by atoms with Gasteiger partial charge in [-0.15, -0.1) is 0 Å². The highest BCUT2D eigenvalue weighted by molar-refractivity contribution is 5.28. The molecule has 1 atom stereocenters. The van der Waals surface area contributed by atoms with E-state index in [0.29, 0.717) is 6.42 Å². The first-order valence-corrected chi connectivity index (χ1v) is 5.02. The Labute approximate surface area is 86.1 Å². The van der Waals surface area contributed by atoms with Crippen molar-refractivity contribution in [1.29, 1.82) is 0 Å². The van der Waals surface area contributed by atoms with E-state index in [1.165, 1.54) is 0 Å². The molecule has 1 aromatic rings. The van der Waals surface area contributed by atoms with E-state index in [9.17, 15) is 5.11 Å². The summed E-state index contributed by atoms with van der Waals surface area (Å²) in [4.78, 5) is 0. The molecule has 1 heteroatoms. The Morgan fingerprint density at radius 1 is 1.29 bits per heavy atom. The van der Waals surface area contributed by atoms with Crippen molar-refractivity contribution < 1.29 is 5.11 Å². The summed E-state index contributed by atoms with van der Waals surface area (Å²) in [7, 11) is 0. The average molecular weight is 190 g/mol. The van der Waals surface area contributed by atoms with Gasteiger partial charge in [0, 0.05) is 0 Å². The minimum absolute atomic E-state index is 0.697. The predicted molar refractivity (Wildman–Crippen MR) is 60.1 cm³/mol. The summed E-state index contributed by atoms with van der Waals surface area (Å²) in [6.07, 6.45) is 2.62. The maximum absolute atomic E-state index is 10.4. The SMILES string of the molecule is CCC(O)(C=C(C)C)c1ccccc1. The van der Waals surface area contributed by atoms with E-state index in [-0.39, 0.29) is 0 Å². The molecular formula is C13H18O. The molecule has 0 radical (unpaired) electrons. The Morgan fingerprint density at radius 3 is 2.29 bits per heavy atom. The van der Waals surface area contributed by atoms with Gasteiger partial charge in [-0.2, -0.15) is 0 Å². The van der Waals surface area contributed by atoms with Gasteiger partial charge in [-0.05, 0) is 25.8 Å². The van der Waals surface area contributed by atoms with Crippen LogP contribution in [0.15, 0.2) is 42.0 Å². The first-order chi connectivity index (χ1) is 6.58. The van der Waals surface area contributed by atoms with Gasteiger partial charge >= 0.3 is 0 Å². The Bertz CT molecular complexity index is 309. The molecule has 0 aliphatic rings. The van der Waals surface area contributed by atoms with Crippen LogP contribution in [-0.2, 0) is 5.60 Å². The molecule has 14 heavy (non-hydrogen) atoms. The second-order valence-electron chi connectivity index (χ2n) is 3.87. The van der Waals surface area contributed by atoms with Crippen LogP contribution in [0.5, 0.6) is 0 Å². The van der Waals surface area contributed by atoms with Crippen molar-refractivity contribution in [3.63, 3.8) is 0 Å². The van der Waals surface area contributed by atoms with Crippen LogP contribution in [0.1, 0.15) is 32.8 Å². The van der Waals surface area contributed by atoms with Crippen molar-refractivity contribution in [3.05, 3.63) is 47.5 Å². The van der Waals surface area contributed by atoms with Crippen LogP contribution >= 0.6 is 0 Å². The third-order valence-corrected chi connectivity index (χ3v) is 2.34. The standard InChI is InChI=1S/C13H18O/c1-4-13(14,10-11(2)3)12-8-6-5-7-9-12/h5-10,14H,4H2,1-3H3. The largest absolute Gasteiger partial charge is 0.381 e. The maximum Gasteiger partial charge on any atom is 0.108 e. The third-order valence-electron chi connectivity index (χ3n) is 2.34. The van der Waals surface area contributed by atoms with Crippen LogP contribution in [0.25, 0.3) is 0 Å². The predicted octanol–water partition coefficient (Wildman–Crippen LogP) is 3.25. The van der Waals surface area contributed by atoms with Crippen molar-refractivity contribution in [3.8, 4) is 0 Å². The number of allylic oxidation sites excluding steroid dienone is 1. The molecule has 0 aromatic heterocycles. The lowest BCUT2D eigenvalue weighted by Crippen LogP contribution is -2.21. The van der Waals surface area contributed by atoms with Crippen molar-refractivity contribution in [2.24, 2.45) is 0 Å². The summed E-state index contributed by atoms with van der Waals surface area (Å²) in [6, 6.07) is 9.79. The van der Waals surface area contributed by atoms with E-state index in [0.717, 1.165) is 11.1 Å². The number of benzene rings is 1. The summed E-state index contributed by atoms with van der Waals surface area (Å²) in [5, 5.41) is 10.4. The molecule has 1 N–H and O–H groups in total. The molecule has 0 aliphatic heterocycles. The highest BCUT2D eigenvalue weighted by Gasteiger charge is 2.23. The average Bonchev–Trinajstić information content (AvgIpc) is 2.18. The molecule has 0 bridgehead atoms. The minimum Gasteiger partial charge on any atom is -0.381 e. The fourth-order valence-corrected chi connectivity index (χ4v) is 1.59. The zero-order valence-electron chi connectivity index (χ0n) is 9.12. The molecule has 0 amide bonds. The lowest BCUT2D eigenvalue weighted by molar-refractivity contribution is 0.0843. The minimum atomic E-state index is -0.805. The highest BCUT2D eigenvalue weighted by Crippen LogP contribution is 2.27. The third kappa shape index (κ3) is 2.46. The first-order valence-electron chi connectivity index (χ1n) is 5.02. The molecule has 0 saturated carbocycles. The molecule has 1 nitrogen and oxygen atoms in total. The normalized spacial score (nSPS) is 14.6. The quantitative estimate of drug-likeness (QED) is 0.725. The molecular weight excluding hydrogens is 172 g/mol. The van der Waals surface area contributed by atoms with Crippen molar-refractivity contribution in [2.75, 3.05) is 0 Å². The van der Waals surface area contributed by atoms with Gasteiger partial charge in [-0.25, -0.2) is 0 Å². The Morgan fingerprint density at radius 2 is 1.86 bits per heavy atom. The molecule has 0 spiro atoms. The monoisotopic (exact) mass is 190 g/mol. The summed E-state index contributed by atoms with van der Waals surface area (Å²) >= 11 is 0. The number of aliphatic hydroxyl groups is 1. The lowest BCUT2D eigenvalue weighted by Gasteiger charge is -2.24. The molecule has 0 saturated heterocycles. The molecule has 1 rings (SSSR count). The molecule has 0 fully saturated rings. The Kier molecular flexibility index (Phi) is 3.48. The van der Waals surface area contributed by atoms with E-state index in [4.69, 9.17) is 0 Å². The van der Waals surface area contributed by atoms with E-state index >= 15 is 0 Å². The molecule has 1 aromatic carbocycles. The van der Waals surface area contributed by atoms with Gasteiger partial charge in [0.05, 0.1) is 0 Å². The lowest BCUT2D eigenvalue weighted by atomic mass is 9.89. The molecule has 0 aliphatic carbocycles. The maximum atomic E-state index is 10.4. The van der Waals surface area contributed by atoms with Gasteiger partial charge in [0.1, 0.15) is 5.60 Å². The van der Waals surface area contributed by atoms with E-state index < -0.39 is 5.60 Å². The zero-order chi connectivity index (χ0) is 10.6. The van der Waals surface area contributed by atoms with Crippen molar-refractivity contribution >= 4 is 0 Å². The summed E-state index contributed by atoms with van der Waals surface area (Å²) in [6.45, 7) is 6.00. The number of hydrogen-bond acceptors (Lipinski definition) is 1. The summed E-state index contributed by atoms with van der Waals surface area (Å²) < 4.78 is 0. The van der Waals surface area contributed by atoms with E-state index in [2.05, 4.69) is 0 Å². The zero-order valence-corrected chi connectivity index (χ0v) is 9.12. The van der Waals surface area contributed by atoms with Gasteiger partial charge in [0.2, 0.25) is 0 Å². The molecule has 0 heterocycles. The van der Waals surface area contributed by atoms with Crippen LogP contribution in [0.3, 0.4) is 0 Å². The van der Waals surface area contributed by atoms with E-state index in [1.54, 1.807) is 0 Å². The van der Waals surface area contributed by atoms with Gasteiger partial charge in [-0.3, -0.25) is 0 Å². The second kappa shape index (κ2) is 4.43. The van der Waals surface area contributed by atoms with Crippen molar-refractivity contribution in [2.45, 2.75) is 32.8 Å². The molecule has 76 valence electrons. The highest BCUT2D eigenvalue weighted by atomic mass is 16.3. The number of rotatable bonds is 3. The summed E-state index contributed by atoms with van der Waals surface area (Å²) in [5.41, 5.74) is 1.29. The Balaban J connectivity index is 3.08. The smallest absolute Gasteiger partial charge is 0.108 e. The van der Waals surface area contributed by atoms with Crippen LogP contribution in [-0.4, -0.2) is 5.11 Å². The van der Waals surface area contributed by atoms with Gasteiger partial charge in [0.25, 0.3) is 0 Å². The number of hydrogen-bond donors (Lipinski definition) is 1. The van der Waals surface area contributed by atoms with Gasteiger partial charge in [-0.1, -0.05) is 48.9 Å².